The van der Waals surface area contributed by atoms with Crippen LogP contribution in [-0.4, -0.2) is 72.5 Å². The molecule has 0 bridgehead atoms. The number of aliphatic hydroxyl groups excluding tert-OH is 1. The second-order valence-corrected chi connectivity index (χ2v) is 8.26. The number of amides is 1. The molecule has 1 aliphatic rings. The van der Waals surface area contributed by atoms with Crippen LogP contribution >= 0.6 is 0 Å². The molecule has 1 unspecified atom stereocenters. The third-order valence-corrected chi connectivity index (χ3v) is 6.23. The van der Waals surface area contributed by atoms with Crippen LogP contribution in [0.15, 0.2) is 66.8 Å². The minimum Gasteiger partial charge on any atom is -0.507 e. The van der Waals surface area contributed by atoms with E-state index in [1.54, 1.807) is 54.6 Å². The van der Waals surface area contributed by atoms with Gasteiger partial charge in [-0.25, -0.2) is 4.79 Å². The lowest BCUT2D eigenvalue weighted by Gasteiger charge is -2.28. The molecule has 1 amide bonds. The molecule has 1 saturated heterocycles. The largest absolute Gasteiger partial charge is 0.507 e. The number of hydrogen-bond acceptors (Lipinski definition) is 7. The molecule has 8 nitrogen and oxygen atoms in total. The van der Waals surface area contributed by atoms with Crippen molar-refractivity contribution in [3.63, 3.8) is 0 Å². The standard InChI is InChI=1S/C28H32N2O6/c1-5-18-36-22-14-12-20(13-15-22)25(31)23-24(19-8-10-21(11-9-19)28(34)35-4)30(27(33)26(23)32)17-16-29(6-2)7-3/h5,8-15,24,31H,1,6-7,16-18H2,2-4H3. The Morgan fingerprint density at radius 2 is 1.67 bits per heavy atom. The van der Waals surface area contributed by atoms with Crippen molar-refractivity contribution in [2.24, 2.45) is 0 Å². The van der Waals surface area contributed by atoms with Crippen LogP contribution in [0, 0.1) is 0 Å². The number of esters is 1. The number of carbonyl (C=O) groups excluding carboxylic acids is 3. The monoisotopic (exact) mass is 492 g/mol. The molecule has 8 heteroatoms. The van der Waals surface area contributed by atoms with Gasteiger partial charge in [-0.3, -0.25) is 9.59 Å². The van der Waals surface area contributed by atoms with E-state index in [4.69, 9.17) is 9.47 Å². The highest BCUT2D eigenvalue weighted by Crippen LogP contribution is 2.39. The normalized spacial score (nSPS) is 16.9. The second-order valence-electron chi connectivity index (χ2n) is 8.26. The highest BCUT2D eigenvalue weighted by Gasteiger charge is 2.46. The van der Waals surface area contributed by atoms with Gasteiger partial charge in [-0.2, -0.15) is 0 Å². The van der Waals surface area contributed by atoms with Crippen molar-refractivity contribution in [1.82, 2.24) is 9.80 Å². The summed E-state index contributed by atoms with van der Waals surface area (Å²) in [5.41, 5.74) is 1.34. The number of likely N-dealkylation sites (N-methyl/N-ethyl adjacent to an activating group) is 1. The van der Waals surface area contributed by atoms with Crippen LogP contribution in [0.4, 0.5) is 0 Å². The first-order valence-electron chi connectivity index (χ1n) is 11.9. The topological polar surface area (TPSA) is 96.4 Å². The summed E-state index contributed by atoms with van der Waals surface area (Å²) in [5.74, 6) is -1.59. The third-order valence-electron chi connectivity index (χ3n) is 6.23. The molecule has 0 aromatic heterocycles. The van der Waals surface area contributed by atoms with Gasteiger partial charge in [-0.1, -0.05) is 38.6 Å². The zero-order valence-electron chi connectivity index (χ0n) is 20.9. The zero-order valence-corrected chi connectivity index (χ0v) is 20.9. The van der Waals surface area contributed by atoms with Crippen LogP contribution in [0.5, 0.6) is 5.75 Å². The fourth-order valence-electron chi connectivity index (χ4n) is 4.19. The number of carbonyl (C=O) groups is 3. The number of hydrogen-bond donors (Lipinski definition) is 1. The van der Waals surface area contributed by atoms with Crippen molar-refractivity contribution in [1.29, 1.82) is 0 Å². The fourth-order valence-corrected chi connectivity index (χ4v) is 4.19. The Kier molecular flexibility index (Phi) is 9.02. The average Bonchev–Trinajstić information content (AvgIpc) is 3.17. The Morgan fingerprint density at radius 3 is 2.22 bits per heavy atom. The van der Waals surface area contributed by atoms with Crippen molar-refractivity contribution < 1.29 is 29.0 Å². The minimum atomic E-state index is -0.802. The van der Waals surface area contributed by atoms with E-state index in [2.05, 4.69) is 11.5 Å². The van der Waals surface area contributed by atoms with E-state index in [9.17, 15) is 19.5 Å². The number of nitrogens with zero attached hydrogens (tertiary/aromatic N) is 2. The van der Waals surface area contributed by atoms with E-state index in [0.717, 1.165) is 13.1 Å². The number of Topliss-reactive ketones (excluding diaryl/α,β-unsaturated/α-hetero) is 1. The summed E-state index contributed by atoms with van der Waals surface area (Å²) in [7, 11) is 1.30. The summed E-state index contributed by atoms with van der Waals surface area (Å²) in [5, 5.41) is 11.2. The molecular formula is C28H32N2O6. The fraction of sp³-hybridized carbons (Fsp3) is 0.321. The number of methoxy groups -OCH3 is 1. The Bertz CT molecular complexity index is 1130. The Hall–Kier alpha value is -3.91. The Morgan fingerprint density at radius 1 is 1.06 bits per heavy atom. The molecule has 2 aromatic carbocycles. The molecule has 36 heavy (non-hydrogen) atoms. The maximum Gasteiger partial charge on any atom is 0.337 e. The molecule has 190 valence electrons. The van der Waals surface area contributed by atoms with Gasteiger partial charge in [-0.15, -0.1) is 0 Å². The van der Waals surface area contributed by atoms with Gasteiger partial charge in [0.2, 0.25) is 0 Å². The van der Waals surface area contributed by atoms with Gasteiger partial charge < -0.3 is 24.4 Å². The second kappa shape index (κ2) is 12.2. The first kappa shape index (κ1) is 26.7. The maximum absolute atomic E-state index is 13.2. The van der Waals surface area contributed by atoms with Gasteiger partial charge in [0.25, 0.3) is 11.7 Å². The third kappa shape index (κ3) is 5.66. The lowest BCUT2D eigenvalue weighted by molar-refractivity contribution is -0.140. The molecule has 0 aliphatic carbocycles. The van der Waals surface area contributed by atoms with Gasteiger partial charge in [0, 0.05) is 18.7 Å². The van der Waals surface area contributed by atoms with Gasteiger partial charge in [0.05, 0.1) is 24.3 Å². The minimum absolute atomic E-state index is 0.00475. The van der Waals surface area contributed by atoms with Crippen LogP contribution < -0.4 is 4.74 Å². The van der Waals surface area contributed by atoms with Crippen LogP contribution in [-0.2, 0) is 14.3 Å². The molecule has 1 fully saturated rings. The van der Waals surface area contributed by atoms with Crippen LogP contribution in [0.2, 0.25) is 0 Å². The molecule has 0 spiro atoms. The molecule has 1 heterocycles. The molecule has 1 atom stereocenters. The molecular weight excluding hydrogens is 460 g/mol. The lowest BCUT2D eigenvalue weighted by Crippen LogP contribution is -2.38. The zero-order chi connectivity index (χ0) is 26.2. The van der Waals surface area contributed by atoms with E-state index < -0.39 is 23.7 Å². The maximum atomic E-state index is 13.2. The van der Waals surface area contributed by atoms with Crippen LogP contribution in [0.1, 0.15) is 41.4 Å². The lowest BCUT2D eigenvalue weighted by atomic mass is 9.94. The smallest absolute Gasteiger partial charge is 0.337 e. The molecule has 1 N–H and O–H groups in total. The van der Waals surface area contributed by atoms with Gasteiger partial charge in [0.15, 0.2) is 0 Å². The molecule has 1 aliphatic heterocycles. The predicted molar refractivity (Wildman–Crippen MR) is 137 cm³/mol. The molecule has 0 saturated carbocycles. The summed E-state index contributed by atoms with van der Waals surface area (Å²) >= 11 is 0. The first-order valence-corrected chi connectivity index (χ1v) is 11.9. The number of aliphatic hydroxyl groups is 1. The van der Waals surface area contributed by atoms with Crippen LogP contribution in [0.3, 0.4) is 0 Å². The quantitative estimate of drug-likeness (QED) is 0.168. The van der Waals surface area contributed by atoms with Crippen molar-refractivity contribution in [3.8, 4) is 5.75 Å². The van der Waals surface area contributed by atoms with E-state index in [-0.39, 0.29) is 11.3 Å². The number of rotatable bonds is 11. The number of likely N-dealkylation sites (tertiary alicyclic amines) is 1. The Balaban J connectivity index is 2.05. The van der Waals surface area contributed by atoms with Crippen molar-refractivity contribution in [2.75, 3.05) is 39.9 Å². The summed E-state index contributed by atoms with van der Waals surface area (Å²) in [4.78, 5) is 41.9. The molecule has 0 radical (unpaired) electrons. The first-order chi connectivity index (χ1) is 17.4. The van der Waals surface area contributed by atoms with Crippen molar-refractivity contribution in [2.45, 2.75) is 19.9 Å². The Labute approximate surface area is 211 Å². The summed E-state index contributed by atoms with van der Waals surface area (Å²) < 4.78 is 10.3. The van der Waals surface area contributed by atoms with E-state index in [0.29, 0.717) is 42.1 Å². The number of benzene rings is 2. The predicted octanol–water partition coefficient (Wildman–Crippen LogP) is 3.80. The molecule has 3 rings (SSSR count). The van der Waals surface area contributed by atoms with E-state index in [1.165, 1.54) is 12.0 Å². The number of ketones is 1. The average molecular weight is 493 g/mol. The summed E-state index contributed by atoms with van der Waals surface area (Å²) in [6.45, 7) is 10.5. The highest BCUT2D eigenvalue weighted by atomic mass is 16.5. The van der Waals surface area contributed by atoms with Crippen molar-refractivity contribution in [3.05, 3.63) is 83.4 Å². The van der Waals surface area contributed by atoms with E-state index in [1.807, 2.05) is 13.8 Å². The SMILES string of the molecule is C=CCOc1ccc(C(O)=C2C(=O)C(=O)N(CCN(CC)CC)C2c2ccc(C(=O)OC)cc2)cc1. The summed E-state index contributed by atoms with van der Waals surface area (Å²) in [6.07, 6.45) is 1.62. The van der Waals surface area contributed by atoms with Gasteiger partial charge in [0.1, 0.15) is 18.1 Å². The summed E-state index contributed by atoms with van der Waals surface area (Å²) in [6, 6.07) is 12.3. The highest BCUT2D eigenvalue weighted by molar-refractivity contribution is 6.46. The van der Waals surface area contributed by atoms with Gasteiger partial charge >= 0.3 is 5.97 Å². The van der Waals surface area contributed by atoms with Gasteiger partial charge in [-0.05, 0) is 55.1 Å². The number of ether oxygens (including phenoxy) is 2. The van der Waals surface area contributed by atoms with E-state index >= 15 is 0 Å². The molecule has 2 aromatic rings. The van der Waals surface area contributed by atoms with Crippen molar-refractivity contribution >= 4 is 23.4 Å². The van der Waals surface area contributed by atoms with Crippen LogP contribution in [0.25, 0.3) is 5.76 Å².